The lowest BCUT2D eigenvalue weighted by molar-refractivity contribution is 0.403. The highest BCUT2D eigenvalue weighted by atomic mass is 32.1. The molecule has 1 aliphatic carbocycles. The Morgan fingerprint density at radius 1 is 0.593 bits per heavy atom. The van der Waals surface area contributed by atoms with Crippen LogP contribution >= 0.6 is 11.3 Å². The van der Waals surface area contributed by atoms with Crippen LogP contribution in [0.2, 0.25) is 0 Å². The van der Waals surface area contributed by atoms with Gasteiger partial charge in [-0.3, -0.25) is 0 Å². The number of hydrogen-bond acceptors (Lipinski definition) is 3. The largest absolute Gasteiger partial charge is 0.311 e. The Kier molecular flexibility index (Phi) is 7.04. The van der Waals surface area contributed by atoms with Gasteiger partial charge in [-0.1, -0.05) is 139 Å². The molecular formula is C55H51BN2S. The zero-order valence-corrected chi connectivity index (χ0v) is 36.1. The summed E-state index contributed by atoms with van der Waals surface area (Å²) in [5, 5.41) is 2.45. The minimum Gasteiger partial charge on any atom is -0.311 e. The quantitative estimate of drug-likeness (QED) is 0.165. The Morgan fingerprint density at radius 2 is 1.25 bits per heavy atom. The zero-order valence-electron chi connectivity index (χ0n) is 38.3. The number of thiophene rings is 1. The molecule has 0 unspecified atom stereocenters. The Bertz CT molecular complexity index is 3170. The van der Waals surface area contributed by atoms with Crippen LogP contribution in [-0.4, -0.2) is 6.71 Å². The van der Waals surface area contributed by atoms with E-state index in [2.05, 4.69) is 187 Å². The van der Waals surface area contributed by atoms with Crippen LogP contribution in [0.15, 0.2) is 133 Å². The molecule has 290 valence electrons. The molecule has 3 aliphatic rings. The smallest absolute Gasteiger partial charge is 0.252 e. The summed E-state index contributed by atoms with van der Waals surface area (Å²) in [5.41, 5.74) is 17.5. The lowest BCUT2D eigenvalue weighted by atomic mass is 9.33. The highest BCUT2D eigenvalue weighted by Gasteiger charge is 2.48. The van der Waals surface area contributed by atoms with Gasteiger partial charge in [-0.25, -0.2) is 0 Å². The monoisotopic (exact) mass is 785 g/mol. The van der Waals surface area contributed by atoms with Crippen molar-refractivity contribution in [3.63, 3.8) is 0 Å². The van der Waals surface area contributed by atoms with E-state index in [1.54, 1.807) is 0 Å². The van der Waals surface area contributed by atoms with Gasteiger partial charge in [0.05, 0.1) is 10.4 Å². The number of aryl methyl sites for hydroxylation is 2. The molecule has 0 fully saturated rings. The molecular weight excluding hydrogens is 731 g/mol. The second kappa shape index (κ2) is 12.5. The molecule has 4 heteroatoms. The Hall–Kier alpha value is -5.58. The van der Waals surface area contributed by atoms with Crippen LogP contribution in [-0.2, 0) is 16.2 Å². The van der Waals surface area contributed by atoms with Crippen molar-refractivity contribution in [2.75, 3.05) is 9.80 Å². The van der Waals surface area contributed by atoms with Gasteiger partial charge in [0.15, 0.2) is 0 Å². The third-order valence-corrected chi connectivity index (χ3v) is 14.8. The maximum atomic E-state index is 9.02. The van der Waals surface area contributed by atoms with E-state index >= 15 is 0 Å². The number of anilines is 6. The number of fused-ring (bicyclic) bond motifs is 8. The normalized spacial score (nSPS) is 16.9. The van der Waals surface area contributed by atoms with Crippen LogP contribution in [0, 0.1) is 13.8 Å². The summed E-state index contributed by atoms with van der Waals surface area (Å²) in [7, 11) is 0. The fourth-order valence-electron chi connectivity index (χ4n) is 11.1. The number of benzene rings is 7. The Morgan fingerprint density at radius 3 is 1.98 bits per heavy atom. The number of hydrogen-bond donors (Lipinski definition) is 0. The molecule has 11 rings (SSSR count). The van der Waals surface area contributed by atoms with E-state index in [0.717, 1.165) is 57.1 Å². The molecule has 8 aromatic rings. The average molecular weight is 786 g/mol. The minimum atomic E-state index is -2.35. The van der Waals surface area contributed by atoms with Crippen molar-refractivity contribution in [1.82, 2.24) is 0 Å². The number of rotatable bonds is 3. The fraction of sp³-hybridized carbons (Fsp3) is 0.236. The molecule has 0 radical (unpaired) electrons. The topological polar surface area (TPSA) is 6.48 Å². The van der Waals surface area contributed by atoms with Crippen LogP contribution < -0.4 is 26.2 Å². The summed E-state index contributed by atoms with van der Waals surface area (Å²) in [6.45, 7) is 16.0. The van der Waals surface area contributed by atoms with Crippen molar-refractivity contribution in [3.8, 4) is 11.1 Å². The van der Waals surface area contributed by atoms with Gasteiger partial charge < -0.3 is 9.80 Å². The molecule has 0 spiro atoms. The predicted octanol–water partition coefficient (Wildman–Crippen LogP) is 13.7. The van der Waals surface area contributed by atoms with Gasteiger partial charge in [0.2, 0.25) is 0 Å². The van der Waals surface area contributed by atoms with E-state index in [1.165, 1.54) is 53.4 Å². The van der Waals surface area contributed by atoms with E-state index in [-0.39, 0.29) is 23.0 Å². The summed E-state index contributed by atoms with van der Waals surface area (Å²) in [5.74, 6) is 0. The molecule has 3 heterocycles. The Balaban J connectivity index is 1.30. The summed E-state index contributed by atoms with van der Waals surface area (Å²) in [6, 6.07) is 48.8. The van der Waals surface area contributed by atoms with E-state index in [0.29, 0.717) is 5.56 Å². The lowest BCUT2D eigenvalue weighted by Gasteiger charge is -2.45. The van der Waals surface area contributed by atoms with E-state index in [4.69, 9.17) is 4.11 Å². The number of nitrogens with zero attached hydrogens (tertiary/aromatic N) is 2. The first-order valence-electron chi connectivity index (χ1n) is 22.6. The fourth-order valence-corrected chi connectivity index (χ4v) is 12.3. The van der Waals surface area contributed by atoms with Crippen molar-refractivity contribution in [3.05, 3.63) is 161 Å². The molecule has 2 aliphatic heterocycles. The molecule has 7 aromatic carbocycles. The molecule has 0 saturated carbocycles. The van der Waals surface area contributed by atoms with Gasteiger partial charge >= 0.3 is 0 Å². The summed E-state index contributed by atoms with van der Waals surface area (Å²) >= 11 is 1.82. The average Bonchev–Trinajstić information content (AvgIpc) is 3.69. The minimum absolute atomic E-state index is 0.0280. The second-order valence-corrected chi connectivity index (χ2v) is 20.6. The second-order valence-electron chi connectivity index (χ2n) is 19.6. The highest BCUT2D eigenvalue weighted by Crippen LogP contribution is 2.54. The van der Waals surface area contributed by atoms with Gasteiger partial charge in [0.25, 0.3) is 6.71 Å². The van der Waals surface area contributed by atoms with Gasteiger partial charge in [0, 0.05) is 48.0 Å². The molecule has 0 amide bonds. The van der Waals surface area contributed by atoms with Crippen molar-refractivity contribution < 1.29 is 4.11 Å². The van der Waals surface area contributed by atoms with Crippen molar-refractivity contribution >= 4 is 88.7 Å². The van der Waals surface area contributed by atoms with Gasteiger partial charge in [-0.2, -0.15) is 0 Å². The maximum absolute atomic E-state index is 9.02. The van der Waals surface area contributed by atoms with Gasteiger partial charge in [-0.05, 0) is 134 Å². The molecule has 0 atom stereocenters. The van der Waals surface area contributed by atoms with Gasteiger partial charge in [0.1, 0.15) is 0 Å². The summed E-state index contributed by atoms with van der Waals surface area (Å²) in [4.78, 5) is 4.82. The highest BCUT2D eigenvalue weighted by molar-refractivity contribution is 7.26. The molecule has 0 N–H and O–H groups in total. The van der Waals surface area contributed by atoms with Crippen LogP contribution in [0.25, 0.3) is 31.3 Å². The molecule has 0 saturated heterocycles. The first-order valence-corrected chi connectivity index (χ1v) is 21.9. The molecule has 2 nitrogen and oxygen atoms in total. The molecule has 1 aromatic heterocycles. The third kappa shape index (κ3) is 5.38. The van der Waals surface area contributed by atoms with Crippen LogP contribution in [0.5, 0.6) is 0 Å². The van der Waals surface area contributed by atoms with Gasteiger partial charge in [-0.15, -0.1) is 11.3 Å². The summed E-state index contributed by atoms with van der Waals surface area (Å²) in [6.07, 6.45) is 1.04. The van der Waals surface area contributed by atoms with Crippen molar-refractivity contribution in [2.24, 2.45) is 0 Å². The standard InChI is InChI=1S/C55H51BN2S/c1-33-26-48-51-49(27-33)58(46-20-15-19-39-38-18-13-14-21-50(38)59-52(39)46)47-31-41-40(54(6,7)32-55(41,8)9)30-43(47)56(51)42-29-36(35-16-11-10-12-17-35)22-24-45(42)57(48)44-25-23-37(28-34(44)2)53(3,4)5/h10-31H,32H2,1-9H3/i1D3. The molecule has 0 bridgehead atoms. The van der Waals surface area contributed by atoms with Crippen molar-refractivity contribution in [2.45, 2.75) is 84.9 Å². The lowest BCUT2D eigenvalue weighted by Crippen LogP contribution is -2.61. The predicted molar refractivity (Wildman–Crippen MR) is 258 cm³/mol. The SMILES string of the molecule is [2H]C([2H])([2H])c1cc2c3c(c1)N(c1cccc4c1sc1ccccc14)c1cc4c(cc1B3c1cc(-c3ccccc3)ccc1N2c1ccc(C(C)(C)C)cc1C)C(C)(C)CC4(C)C. The first kappa shape index (κ1) is 33.3. The van der Waals surface area contributed by atoms with E-state index in [9.17, 15) is 0 Å². The van der Waals surface area contributed by atoms with Crippen LogP contribution in [0.4, 0.5) is 34.1 Å². The van der Waals surface area contributed by atoms with E-state index < -0.39 is 6.85 Å². The summed E-state index contributed by atoms with van der Waals surface area (Å²) < 4.78 is 29.5. The Labute approximate surface area is 358 Å². The zero-order chi connectivity index (χ0) is 43.2. The third-order valence-electron chi connectivity index (χ3n) is 13.6. The van der Waals surface area contributed by atoms with Crippen molar-refractivity contribution in [1.29, 1.82) is 0 Å². The van der Waals surface area contributed by atoms with E-state index in [1.807, 2.05) is 23.5 Å². The molecule has 59 heavy (non-hydrogen) atoms. The van der Waals surface area contributed by atoms with Crippen LogP contribution in [0.3, 0.4) is 0 Å². The van der Waals surface area contributed by atoms with Crippen LogP contribution in [0.1, 0.15) is 86.8 Å². The first-order chi connectivity index (χ1) is 29.4. The maximum Gasteiger partial charge on any atom is 0.252 e.